The average molecular weight is 262 g/mol. The standard InChI is InChI=1S/C10H13F3N4O/c1-2-17(6-10(11,12)13)8-5-15-4-3-7(8)9(14)16-18/h3-5,18H,2,6H2,1H3,(H2,14,16). The molecular weight excluding hydrogens is 249 g/mol. The number of nitrogens with two attached hydrogens (primary N) is 1. The Morgan fingerprint density at radius 3 is 2.72 bits per heavy atom. The predicted molar refractivity (Wildman–Crippen MR) is 60.7 cm³/mol. The molecule has 0 amide bonds. The molecule has 0 aliphatic rings. The molecule has 8 heteroatoms. The molecule has 0 aliphatic carbocycles. The Labute approximate surface area is 102 Å². The molecule has 0 atom stereocenters. The first-order valence-electron chi connectivity index (χ1n) is 5.12. The van der Waals surface area contributed by atoms with Crippen molar-refractivity contribution in [3.05, 3.63) is 24.0 Å². The lowest BCUT2D eigenvalue weighted by atomic mass is 10.2. The molecule has 0 fully saturated rings. The Hall–Kier alpha value is -1.99. The lowest BCUT2D eigenvalue weighted by molar-refractivity contribution is -0.119. The third-order valence-electron chi connectivity index (χ3n) is 2.28. The van der Waals surface area contributed by atoms with Crippen molar-refractivity contribution in [3.8, 4) is 0 Å². The lowest BCUT2D eigenvalue weighted by Gasteiger charge is -2.25. The molecule has 3 N–H and O–H groups in total. The van der Waals surface area contributed by atoms with Crippen molar-refractivity contribution in [2.75, 3.05) is 18.0 Å². The SMILES string of the molecule is CCN(CC(F)(F)F)c1cnccc1/C(N)=N/O. The van der Waals surface area contributed by atoms with E-state index < -0.39 is 12.7 Å². The summed E-state index contributed by atoms with van der Waals surface area (Å²) in [5, 5.41) is 11.4. The summed E-state index contributed by atoms with van der Waals surface area (Å²) in [6.45, 7) is 0.576. The minimum Gasteiger partial charge on any atom is -0.409 e. The highest BCUT2D eigenvalue weighted by Gasteiger charge is 2.31. The minimum absolute atomic E-state index is 0.122. The molecule has 0 unspecified atom stereocenters. The number of pyridine rings is 1. The normalized spacial score (nSPS) is 12.6. The van der Waals surface area contributed by atoms with Gasteiger partial charge in [-0.1, -0.05) is 5.16 Å². The Morgan fingerprint density at radius 2 is 2.22 bits per heavy atom. The highest BCUT2D eigenvalue weighted by Crippen LogP contribution is 2.24. The number of aromatic nitrogens is 1. The largest absolute Gasteiger partial charge is 0.409 e. The number of alkyl halides is 3. The second kappa shape index (κ2) is 5.56. The van der Waals surface area contributed by atoms with Crippen LogP contribution in [0.1, 0.15) is 12.5 Å². The van der Waals surface area contributed by atoms with Crippen LogP contribution in [0.25, 0.3) is 0 Å². The van der Waals surface area contributed by atoms with Crippen LogP contribution in [0.2, 0.25) is 0 Å². The fourth-order valence-corrected chi connectivity index (χ4v) is 1.49. The Morgan fingerprint density at radius 1 is 1.56 bits per heavy atom. The number of anilines is 1. The van der Waals surface area contributed by atoms with Crippen molar-refractivity contribution in [2.45, 2.75) is 13.1 Å². The third kappa shape index (κ3) is 3.51. The van der Waals surface area contributed by atoms with Crippen LogP contribution in [0.5, 0.6) is 0 Å². The molecule has 18 heavy (non-hydrogen) atoms. The molecule has 0 aromatic carbocycles. The van der Waals surface area contributed by atoms with Crippen molar-refractivity contribution < 1.29 is 18.4 Å². The fraction of sp³-hybridized carbons (Fsp3) is 0.400. The van der Waals surface area contributed by atoms with Crippen LogP contribution in [0.3, 0.4) is 0 Å². The van der Waals surface area contributed by atoms with Crippen molar-refractivity contribution in [1.82, 2.24) is 4.98 Å². The van der Waals surface area contributed by atoms with Gasteiger partial charge in [0.2, 0.25) is 0 Å². The number of hydrogen-bond acceptors (Lipinski definition) is 4. The zero-order chi connectivity index (χ0) is 13.8. The number of amidine groups is 1. The monoisotopic (exact) mass is 262 g/mol. The van der Waals surface area contributed by atoms with Gasteiger partial charge < -0.3 is 15.8 Å². The smallest absolute Gasteiger partial charge is 0.405 e. The van der Waals surface area contributed by atoms with E-state index in [1.54, 1.807) is 6.92 Å². The third-order valence-corrected chi connectivity index (χ3v) is 2.28. The topological polar surface area (TPSA) is 74.7 Å². The van der Waals surface area contributed by atoms with E-state index in [1.807, 2.05) is 0 Å². The number of oxime groups is 1. The maximum atomic E-state index is 12.4. The van der Waals surface area contributed by atoms with Crippen LogP contribution in [0.4, 0.5) is 18.9 Å². The van der Waals surface area contributed by atoms with Crippen LogP contribution < -0.4 is 10.6 Å². The zero-order valence-corrected chi connectivity index (χ0v) is 9.65. The van der Waals surface area contributed by atoms with E-state index in [0.29, 0.717) is 0 Å². The van der Waals surface area contributed by atoms with E-state index in [1.165, 1.54) is 18.5 Å². The maximum absolute atomic E-state index is 12.4. The Kier molecular flexibility index (Phi) is 4.35. The van der Waals surface area contributed by atoms with Gasteiger partial charge in [-0.15, -0.1) is 0 Å². The van der Waals surface area contributed by atoms with Crippen molar-refractivity contribution in [1.29, 1.82) is 0 Å². The van der Waals surface area contributed by atoms with Gasteiger partial charge in [-0.05, 0) is 13.0 Å². The predicted octanol–water partition coefficient (Wildman–Crippen LogP) is 1.56. The van der Waals surface area contributed by atoms with Gasteiger partial charge in [-0.25, -0.2) is 0 Å². The fourth-order valence-electron chi connectivity index (χ4n) is 1.49. The zero-order valence-electron chi connectivity index (χ0n) is 9.65. The van der Waals surface area contributed by atoms with Crippen LogP contribution in [-0.4, -0.2) is 35.3 Å². The lowest BCUT2D eigenvalue weighted by Crippen LogP contribution is -2.35. The summed E-state index contributed by atoms with van der Waals surface area (Å²) < 4.78 is 37.3. The molecule has 1 aromatic heterocycles. The second-order valence-electron chi connectivity index (χ2n) is 3.51. The van der Waals surface area contributed by atoms with E-state index in [2.05, 4.69) is 10.1 Å². The summed E-state index contributed by atoms with van der Waals surface area (Å²) in [5.41, 5.74) is 5.80. The maximum Gasteiger partial charge on any atom is 0.405 e. The van der Waals surface area contributed by atoms with Gasteiger partial charge in [0, 0.05) is 18.3 Å². The van der Waals surface area contributed by atoms with E-state index in [0.717, 1.165) is 4.90 Å². The molecule has 0 bridgehead atoms. The van der Waals surface area contributed by atoms with Crippen LogP contribution in [-0.2, 0) is 0 Å². The number of nitrogens with zero attached hydrogens (tertiary/aromatic N) is 3. The summed E-state index contributed by atoms with van der Waals surface area (Å²) in [6, 6.07) is 1.39. The van der Waals surface area contributed by atoms with Crippen LogP contribution >= 0.6 is 0 Å². The molecule has 1 heterocycles. The average Bonchev–Trinajstić information content (AvgIpc) is 2.34. The summed E-state index contributed by atoms with van der Waals surface area (Å²) >= 11 is 0. The first-order valence-corrected chi connectivity index (χ1v) is 5.12. The Balaban J connectivity index is 3.14. The molecule has 0 aliphatic heterocycles. The molecule has 100 valence electrons. The number of halogens is 3. The van der Waals surface area contributed by atoms with Gasteiger partial charge in [-0.3, -0.25) is 4.98 Å². The van der Waals surface area contributed by atoms with Crippen molar-refractivity contribution in [3.63, 3.8) is 0 Å². The summed E-state index contributed by atoms with van der Waals surface area (Å²) in [5.74, 6) is -0.256. The summed E-state index contributed by atoms with van der Waals surface area (Å²) in [6.07, 6.45) is -1.73. The van der Waals surface area contributed by atoms with E-state index in [4.69, 9.17) is 10.9 Å². The van der Waals surface area contributed by atoms with Crippen molar-refractivity contribution in [2.24, 2.45) is 10.9 Å². The minimum atomic E-state index is -4.34. The van der Waals surface area contributed by atoms with Gasteiger partial charge >= 0.3 is 6.18 Å². The molecule has 5 nitrogen and oxygen atoms in total. The van der Waals surface area contributed by atoms with E-state index in [-0.39, 0.29) is 23.6 Å². The molecule has 1 rings (SSSR count). The van der Waals surface area contributed by atoms with Crippen LogP contribution in [0, 0.1) is 0 Å². The molecular formula is C10H13F3N4O. The molecule has 1 aromatic rings. The first kappa shape index (κ1) is 14.1. The molecule has 0 saturated carbocycles. The summed E-state index contributed by atoms with van der Waals surface area (Å²) in [7, 11) is 0. The Bertz CT molecular complexity index is 433. The molecule has 0 saturated heterocycles. The highest BCUT2D eigenvalue weighted by atomic mass is 19.4. The summed E-state index contributed by atoms with van der Waals surface area (Å²) in [4.78, 5) is 4.82. The van der Waals surface area contributed by atoms with Gasteiger partial charge in [0.05, 0.1) is 11.9 Å². The molecule has 0 radical (unpaired) electrons. The quantitative estimate of drug-likeness (QED) is 0.374. The second-order valence-corrected chi connectivity index (χ2v) is 3.51. The van der Waals surface area contributed by atoms with E-state index in [9.17, 15) is 13.2 Å². The molecule has 0 spiro atoms. The van der Waals surface area contributed by atoms with E-state index >= 15 is 0 Å². The highest BCUT2D eigenvalue weighted by molar-refractivity contribution is 6.02. The van der Waals surface area contributed by atoms with Gasteiger partial charge in [-0.2, -0.15) is 13.2 Å². The first-order chi connectivity index (χ1) is 8.39. The van der Waals surface area contributed by atoms with Gasteiger partial charge in [0.1, 0.15) is 6.54 Å². The number of hydrogen-bond donors (Lipinski definition) is 2. The van der Waals surface area contributed by atoms with Gasteiger partial charge in [0.15, 0.2) is 5.84 Å². The van der Waals surface area contributed by atoms with Gasteiger partial charge in [0.25, 0.3) is 0 Å². The van der Waals surface area contributed by atoms with Crippen LogP contribution in [0.15, 0.2) is 23.6 Å². The number of rotatable bonds is 4. The van der Waals surface area contributed by atoms with Crippen molar-refractivity contribution >= 4 is 11.5 Å².